The summed E-state index contributed by atoms with van der Waals surface area (Å²) in [4.78, 5) is 16.9. The van der Waals surface area contributed by atoms with Crippen LogP contribution in [0.5, 0.6) is 0 Å². The first-order valence-corrected chi connectivity index (χ1v) is 8.06. The molecule has 134 valence electrons. The van der Waals surface area contributed by atoms with Crippen LogP contribution in [-0.2, 0) is 6.18 Å². The number of fused-ring (bicyclic) bond motifs is 1. The number of hydrogen-bond acceptors (Lipinski definition) is 3. The Bertz CT molecular complexity index is 1130. The van der Waals surface area contributed by atoms with Crippen LogP contribution in [0.1, 0.15) is 21.5 Å². The second-order valence-corrected chi connectivity index (χ2v) is 5.86. The summed E-state index contributed by atoms with van der Waals surface area (Å²) < 4.78 is 41.4. The molecule has 0 atom stereocenters. The molecule has 0 radical (unpaired) electrons. The van der Waals surface area contributed by atoms with Crippen molar-refractivity contribution in [3.8, 4) is 11.3 Å². The van der Waals surface area contributed by atoms with E-state index in [4.69, 9.17) is 0 Å². The number of alkyl halides is 3. The van der Waals surface area contributed by atoms with Gasteiger partial charge in [0.25, 0.3) is 0 Å². The molecule has 0 spiro atoms. The lowest BCUT2D eigenvalue weighted by Gasteiger charge is -2.13. The smallest absolute Gasteiger partial charge is 0.288 e. The molecule has 0 amide bonds. The van der Waals surface area contributed by atoms with E-state index >= 15 is 0 Å². The molecule has 7 heteroatoms. The highest BCUT2D eigenvalue weighted by Gasteiger charge is 2.34. The molecule has 0 saturated carbocycles. The molecule has 0 unspecified atom stereocenters. The van der Waals surface area contributed by atoms with Gasteiger partial charge in [0.15, 0.2) is 11.4 Å². The Morgan fingerprint density at radius 1 is 0.926 bits per heavy atom. The van der Waals surface area contributed by atoms with Crippen LogP contribution in [0.3, 0.4) is 0 Å². The van der Waals surface area contributed by atoms with Crippen molar-refractivity contribution in [2.45, 2.75) is 6.18 Å². The summed E-state index contributed by atoms with van der Waals surface area (Å²) in [6, 6.07) is 15.3. The molecule has 0 N–H and O–H groups in total. The van der Waals surface area contributed by atoms with Gasteiger partial charge < -0.3 is 0 Å². The van der Waals surface area contributed by atoms with E-state index in [0.29, 0.717) is 5.56 Å². The van der Waals surface area contributed by atoms with Gasteiger partial charge in [-0.1, -0.05) is 48.5 Å². The zero-order valence-electron chi connectivity index (χ0n) is 13.8. The molecule has 0 saturated heterocycles. The topological polar surface area (TPSA) is 47.3 Å². The monoisotopic (exact) mass is 367 g/mol. The molecule has 0 aliphatic rings. The summed E-state index contributed by atoms with van der Waals surface area (Å²) in [6.45, 7) is 0. The van der Waals surface area contributed by atoms with Crippen molar-refractivity contribution in [1.29, 1.82) is 0 Å². The predicted octanol–water partition coefficient (Wildman–Crippen LogP) is 4.65. The Kier molecular flexibility index (Phi) is 3.99. The number of benzene rings is 2. The minimum absolute atomic E-state index is 0.0285. The van der Waals surface area contributed by atoms with Gasteiger partial charge in [0.2, 0.25) is 0 Å². The number of aromatic nitrogens is 3. The normalized spacial score (nSPS) is 11.7. The maximum atomic E-state index is 13.4. The fraction of sp³-hybridized carbons (Fsp3) is 0.0500. The van der Waals surface area contributed by atoms with Crippen molar-refractivity contribution in [3.63, 3.8) is 0 Å². The summed E-state index contributed by atoms with van der Waals surface area (Å²) >= 11 is 0. The minimum atomic E-state index is -4.51. The van der Waals surface area contributed by atoms with Gasteiger partial charge in [0.1, 0.15) is 0 Å². The van der Waals surface area contributed by atoms with E-state index in [9.17, 15) is 18.0 Å². The van der Waals surface area contributed by atoms with E-state index in [1.807, 2.05) is 0 Å². The van der Waals surface area contributed by atoms with Gasteiger partial charge in [-0.15, -0.1) is 0 Å². The molecular weight excluding hydrogens is 355 g/mol. The molecule has 0 aliphatic carbocycles. The fourth-order valence-electron chi connectivity index (χ4n) is 2.95. The molecule has 2 aromatic carbocycles. The lowest BCUT2D eigenvalue weighted by atomic mass is 10.0. The third kappa shape index (κ3) is 2.97. The van der Waals surface area contributed by atoms with Crippen LogP contribution in [-0.4, -0.2) is 20.4 Å². The maximum absolute atomic E-state index is 13.4. The first-order valence-electron chi connectivity index (χ1n) is 8.06. The number of carbonyl (C=O) groups is 1. The van der Waals surface area contributed by atoms with Crippen LogP contribution < -0.4 is 0 Å². The number of halogens is 3. The number of rotatable bonds is 3. The van der Waals surface area contributed by atoms with E-state index in [-0.39, 0.29) is 28.3 Å². The first-order chi connectivity index (χ1) is 13.0. The third-order valence-corrected chi connectivity index (χ3v) is 4.19. The average Bonchev–Trinajstić information content (AvgIpc) is 3.11. The lowest BCUT2D eigenvalue weighted by molar-refractivity contribution is -0.137. The van der Waals surface area contributed by atoms with Crippen molar-refractivity contribution >= 4 is 11.4 Å². The standard InChI is InChI=1S/C20H12F3N3O/c21-20(22,23)16-9-5-4-8-14(16)17-10-11-24-19-15(12-25-26(17)19)18(27)13-6-2-1-3-7-13/h1-12H. The van der Waals surface area contributed by atoms with Gasteiger partial charge in [-0.3, -0.25) is 4.79 Å². The predicted molar refractivity (Wildman–Crippen MR) is 93.3 cm³/mol. The number of nitrogens with zero attached hydrogens (tertiary/aromatic N) is 3. The first kappa shape index (κ1) is 17.0. The molecule has 0 aliphatic heterocycles. The van der Waals surface area contributed by atoms with Crippen LogP contribution in [0.15, 0.2) is 73.1 Å². The van der Waals surface area contributed by atoms with Crippen molar-refractivity contribution in [2.75, 3.05) is 0 Å². The van der Waals surface area contributed by atoms with Crippen molar-refractivity contribution in [3.05, 3.63) is 89.7 Å². The highest BCUT2D eigenvalue weighted by molar-refractivity contribution is 6.12. The van der Waals surface area contributed by atoms with Crippen molar-refractivity contribution in [1.82, 2.24) is 14.6 Å². The van der Waals surface area contributed by atoms with Crippen LogP contribution >= 0.6 is 0 Å². The van der Waals surface area contributed by atoms with Gasteiger partial charge in [-0.25, -0.2) is 9.50 Å². The van der Waals surface area contributed by atoms with Crippen molar-refractivity contribution < 1.29 is 18.0 Å². The summed E-state index contributed by atoms with van der Waals surface area (Å²) in [5.41, 5.74) is 0.296. The van der Waals surface area contributed by atoms with E-state index in [1.165, 1.54) is 41.2 Å². The molecule has 27 heavy (non-hydrogen) atoms. The summed E-state index contributed by atoms with van der Waals surface area (Å²) in [5.74, 6) is -0.292. The molecule has 4 aromatic rings. The quantitative estimate of drug-likeness (QED) is 0.496. The van der Waals surface area contributed by atoms with E-state index in [2.05, 4.69) is 10.1 Å². The molecule has 0 bridgehead atoms. The van der Waals surface area contributed by atoms with Gasteiger partial charge in [-0.05, 0) is 12.1 Å². The van der Waals surface area contributed by atoms with E-state index in [0.717, 1.165) is 6.07 Å². The maximum Gasteiger partial charge on any atom is 0.417 e. The number of hydrogen-bond donors (Lipinski definition) is 0. The average molecular weight is 367 g/mol. The fourth-order valence-corrected chi connectivity index (χ4v) is 2.95. The number of ketones is 1. The molecule has 4 rings (SSSR count). The van der Waals surface area contributed by atoms with E-state index in [1.54, 1.807) is 30.3 Å². The zero-order valence-corrected chi connectivity index (χ0v) is 13.8. The van der Waals surface area contributed by atoms with E-state index < -0.39 is 11.7 Å². The molecule has 2 aromatic heterocycles. The minimum Gasteiger partial charge on any atom is -0.288 e. The number of carbonyl (C=O) groups excluding carboxylic acids is 1. The van der Waals surface area contributed by atoms with Crippen LogP contribution in [0.25, 0.3) is 16.9 Å². The van der Waals surface area contributed by atoms with Gasteiger partial charge in [-0.2, -0.15) is 18.3 Å². The van der Waals surface area contributed by atoms with Crippen molar-refractivity contribution in [2.24, 2.45) is 0 Å². The Hall–Kier alpha value is -3.48. The zero-order chi connectivity index (χ0) is 19.0. The second kappa shape index (κ2) is 6.35. The van der Waals surface area contributed by atoms with Gasteiger partial charge in [0, 0.05) is 17.3 Å². The lowest BCUT2D eigenvalue weighted by Crippen LogP contribution is -2.09. The summed E-state index contributed by atoms with van der Waals surface area (Å²) in [7, 11) is 0. The third-order valence-electron chi connectivity index (χ3n) is 4.19. The summed E-state index contributed by atoms with van der Waals surface area (Å²) in [5, 5.41) is 4.13. The van der Waals surface area contributed by atoms with Crippen LogP contribution in [0.4, 0.5) is 13.2 Å². The Balaban J connectivity index is 1.90. The SMILES string of the molecule is O=C(c1ccccc1)c1cnn2c(-c3ccccc3C(F)(F)F)ccnc12. The van der Waals surface area contributed by atoms with Crippen LogP contribution in [0, 0.1) is 0 Å². The molecule has 0 fully saturated rings. The highest BCUT2D eigenvalue weighted by Crippen LogP contribution is 2.36. The summed E-state index contributed by atoms with van der Waals surface area (Å²) in [6.07, 6.45) is -1.80. The molecular formula is C20H12F3N3O. The molecule has 4 nitrogen and oxygen atoms in total. The molecule has 2 heterocycles. The largest absolute Gasteiger partial charge is 0.417 e. The second-order valence-electron chi connectivity index (χ2n) is 5.86. The Morgan fingerprint density at radius 3 is 2.37 bits per heavy atom. The Labute approximate surface area is 151 Å². The van der Waals surface area contributed by atoms with Gasteiger partial charge >= 0.3 is 6.18 Å². The Morgan fingerprint density at radius 2 is 1.63 bits per heavy atom. The van der Waals surface area contributed by atoms with Crippen LogP contribution in [0.2, 0.25) is 0 Å². The van der Waals surface area contributed by atoms with Gasteiger partial charge in [0.05, 0.1) is 23.0 Å². The highest BCUT2D eigenvalue weighted by atomic mass is 19.4.